The number of carbonyl (C=O) groups is 1. The molecule has 0 saturated carbocycles. The molecule has 14 heavy (non-hydrogen) atoms. The van der Waals surface area contributed by atoms with Crippen LogP contribution in [0.5, 0.6) is 0 Å². The van der Waals surface area contributed by atoms with Crippen LogP contribution in [0.3, 0.4) is 0 Å². The van der Waals surface area contributed by atoms with Gasteiger partial charge < -0.3 is 4.74 Å². The Kier molecular flexibility index (Phi) is 3.35. The van der Waals surface area contributed by atoms with Gasteiger partial charge in [0.1, 0.15) is 19.2 Å². The number of nitrogens with zero attached hydrogens (tertiary/aromatic N) is 3. The number of methoxy groups -OCH3 is 1. The third-order valence-electron chi connectivity index (χ3n) is 2.03. The van der Waals surface area contributed by atoms with Gasteiger partial charge in [-0.05, 0) is 0 Å². The highest BCUT2D eigenvalue weighted by Gasteiger charge is 2.27. The van der Waals surface area contributed by atoms with Crippen molar-refractivity contribution >= 4 is 5.78 Å². The van der Waals surface area contributed by atoms with Crippen LogP contribution in [0.2, 0.25) is 0 Å². The van der Waals surface area contributed by atoms with E-state index in [1.807, 2.05) is 13.8 Å². The van der Waals surface area contributed by atoms with Crippen LogP contribution in [0, 0.1) is 5.41 Å². The third-order valence-corrected chi connectivity index (χ3v) is 2.03. The molecule has 0 aliphatic carbocycles. The van der Waals surface area contributed by atoms with Crippen LogP contribution in [0.1, 0.15) is 13.8 Å². The van der Waals surface area contributed by atoms with E-state index in [9.17, 15) is 4.79 Å². The summed E-state index contributed by atoms with van der Waals surface area (Å²) in [7, 11) is 1.59. The average Bonchev–Trinajstić information content (AvgIpc) is 2.56. The Balaban J connectivity index is 2.57. The van der Waals surface area contributed by atoms with E-state index in [4.69, 9.17) is 4.74 Å². The third kappa shape index (κ3) is 2.63. The summed E-state index contributed by atoms with van der Waals surface area (Å²) >= 11 is 0. The molecule has 1 aromatic rings. The summed E-state index contributed by atoms with van der Waals surface area (Å²) in [6.45, 7) is 4.38. The maximum atomic E-state index is 11.8. The number of hydrogen-bond acceptors (Lipinski definition) is 4. The topological polar surface area (TPSA) is 57.0 Å². The SMILES string of the molecule is COCC(C)(C)C(=O)Cn1cncn1. The summed E-state index contributed by atoms with van der Waals surface area (Å²) in [5.74, 6) is 0.0878. The molecule has 0 bridgehead atoms. The van der Waals surface area contributed by atoms with Crippen molar-refractivity contribution in [2.75, 3.05) is 13.7 Å². The first-order valence-corrected chi connectivity index (χ1v) is 4.41. The van der Waals surface area contributed by atoms with E-state index in [2.05, 4.69) is 10.1 Å². The van der Waals surface area contributed by atoms with Crippen molar-refractivity contribution in [2.24, 2.45) is 5.41 Å². The van der Waals surface area contributed by atoms with Gasteiger partial charge in [0.05, 0.1) is 6.61 Å². The van der Waals surface area contributed by atoms with Crippen LogP contribution in [0.15, 0.2) is 12.7 Å². The molecule has 1 heterocycles. The molecule has 0 amide bonds. The van der Waals surface area contributed by atoms with E-state index in [-0.39, 0.29) is 12.3 Å². The maximum Gasteiger partial charge on any atom is 0.162 e. The van der Waals surface area contributed by atoms with Gasteiger partial charge in [0.2, 0.25) is 0 Å². The highest BCUT2D eigenvalue weighted by Crippen LogP contribution is 2.17. The van der Waals surface area contributed by atoms with Gasteiger partial charge in [-0.3, -0.25) is 4.79 Å². The molecule has 0 aliphatic rings. The Labute approximate surface area is 83.1 Å². The molecule has 5 nitrogen and oxygen atoms in total. The number of Topliss-reactive ketones (excluding diaryl/α,β-unsaturated/α-hetero) is 1. The van der Waals surface area contributed by atoms with Gasteiger partial charge in [0.15, 0.2) is 5.78 Å². The highest BCUT2D eigenvalue weighted by molar-refractivity contribution is 5.83. The number of hydrogen-bond donors (Lipinski definition) is 0. The fraction of sp³-hybridized carbons (Fsp3) is 0.667. The fourth-order valence-corrected chi connectivity index (χ4v) is 1.12. The van der Waals surface area contributed by atoms with Gasteiger partial charge in [-0.1, -0.05) is 13.8 Å². The summed E-state index contributed by atoms with van der Waals surface area (Å²) in [5, 5.41) is 3.87. The Hall–Kier alpha value is -1.23. The van der Waals surface area contributed by atoms with Crippen LogP contribution in [0.4, 0.5) is 0 Å². The summed E-state index contributed by atoms with van der Waals surface area (Å²) in [5.41, 5.74) is -0.472. The summed E-state index contributed by atoms with van der Waals surface area (Å²) < 4.78 is 6.49. The van der Waals surface area contributed by atoms with Crippen LogP contribution in [-0.4, -0.2) is 34.3 Å². The highest BCUT2D eigenvalue weighted by atomic mass is 16.5. The molecule has 0 unspecified atom stereocenters. The number of ether oxygens (including phenoxy) is 1. The van der Waals surface area contributed by atoms with Crippen molar-refractivity contribution in [3.63, 3.8) is 0 Å². The second kappa shape index (κ2) is 4.32. The number of rotatable bonds is 5. The van der Waals surface area contributed by atoms with E-state index in [1.54, 1.807) is 7.11 Å². The second-order valence-corrected chi connectivity index (χ2v) is 3.83. The molecular weight excluding hydrogens is 182 g/mol. The van der Waals surface area contributed by atoms with Crippen molar-refractivity contribution < 1.29 is 9.53 Å². The lowest BCUT2D eigenvalue weighted by atomic mass is 9.89. The smallest absolute Gasteiger partial charge is 0.162 e. The van der Waals surface area contributed by atoms with Crippen LogP contribution < -0.4 is 0 Å². The summed E-state index contributed by atoms with van der Waals surface area (Å²) in [6.07, 6.45) is 2.94. The van der Waals surface area contributed by atoms with Crippen molar-refractivity contribution in [2.45, 2.75) is 20.4 Å². The molecule has 0 saturated heterocycles. The molecular formula is C9H15N3O2. The Morgan fingerprint density at radius 2 is 2.29 bits per heavy atom. The van der Waals surface area contributed by atoms with Crippen molar-refractivity contribution in [1.82, 2.24) is 14.8 Å². The second-order valence-electron chi connectivity index (χ2n) is 3.83. The Bertz CT molecular complexity index is 293. The lowest BCUT2D eigenvalue weighted by molar-refractivity contribution is -0.130. The fourth-order valence-electron chi connectivity index (χ4n) is 1.12. The maximum absolute atomic E-state index is 11.8. The first-order chi connectivity index (χ1) is 6.56. The predicted octanol–water partition coefficient (Wildman–Crippen LogP) is 0.520. The molecule has 1 aromatic heterocycles. The largest absolute Gasteiger partial charge is 0.384 e. The monoisotopic (exact) mass is 197 g/mol. The lowest BCUT2D eigenvalue weighted by Gasteiger charge is -2.21. The van der Waals surface area contributed by atoms with E-state index in [0.29, 0.717) is 6.61 Å². The van der Waals surface area contributed by atoms with E-state index < -0.39 is 5.41 Å². The van der Waals surface area contributed by atoms with Gasteiger partial charge in [-0.25, -0.2) is 9.67 Å². The van der Waals surface area contributed by atoms with E-state index in [1.165, 1.54) is 17.3 Å². The summed E-state index contributed by atoms with van der Waals surface area (Å²) in [4.78, 5) is 15.5. The lowest BCUT2D eigenvalue weighted by Crippen LogP contribution is -2.32. The molecule has 1 rings (SSSR count). The number of aromatic nitrogens is 3. The average molecular weight is 197 g/mol. The molecule has 5 heteroatoms. The number of ketones is 1. The molecule has 0 atom stereocenters. The summed E-state index contributed by atoms with van der Waals surface area (Å²) in [6, 6.07) is 0. The van der Waals surface area contributed by atoms with Crippen LogP contribution in [0.25, 0.3) is 0 Å². The molecule has 0 radical (unpaired) electrons. The predicted molar refractivity (Wildman–Crippen MR) is 50.7 cm³/mol. The first kappa shape index (κ1) is 10.8. The number of carbonyl (C=O) groups excluding carboxylic acids is 1. The van der Waals surface area contributed by atoms with Crippen LogP contribution >= 0.6 is 0 Å². The standard InChI is InChI=1S/C9H15N3O2/c1-9(2,5-14-3)8(13)4-12-7-10-6-11-12/h6-7H,4-5H2,1-3H3. The van der Waals surface area contributed by atoms with Gasteiger partial charge in [-0.15, -0.1) is 0 Å². The Morgan fingerprint density at radius 1 is 1.57 bits per heavy atom. The zero-order valence-corrected chi connectivity index (χ0v) is 8.73. The van der Waals surface area contributed by atoms with Crippen LogP contribution in [-0.2, 0) is 16.1 Å². The minimum atomic E-state index is -0.472. The normalized spacial score (nSPS) is 11.6. The zero-order chi connectivity index (χ0) is 10.6. The molecule has 0 N–H and O–H groups in total. The van der Waals surface area contributed by atoms with Crippen molar-refractivity contribution in [1.29, 1.82) is 0 Å². The molecule has 0 aromatic carbocycles. The van der Waals surface area contributed by atoms with Crippen molar-refractivity contribution in [3.05, 3.63) is 12.7 Å². The Morgan fingerprint density at radius 3 is 2.79 bits per heavy atom. The van der Waals surface area contributed by atoms with E-state index in [0.717, 1.165) is 0 Å². The van der Waals surface area contributed by atoms with E-state index >= 15 is 0 Å². The minimum absolute atomic E-state index is 0.0878. The van der Waals surface area contributed by atoms with Gasteiger partial charge in [0, 0.05) is 12.5 Å². The molecule has 0 aliphatic heterocycles. The quantitative estimate of drug-likeness (QED) is 0.690. The van der Waals surface area contributed by atoms with Gasteiger partial charge in [-0.2, -0.15) is 5.10 Å². The molecule has 0 spiro atoms. The van der Waals surface area contributed by atoms with Gasteiger partial charge in [0.25, 0.3) is 0 Å². The molecule has 78 valence electrons. The minimum Gasteiger partial charge on any atom is -0.384 e. The van der Waals surface area contributed by atoms with Crippen molar-refractivity contribution in [3.8, 4) is 0 Å². The van der Waals surface area contributed by atoms with Gasteiger partial charge >= 0.3 is 0 Å². The molecule has 0 fully saturated rings. The first-order valence-electron chi connectivity index (χ1n) is 4.41. The zero-order valence-electron chi connectivity index (χ0n) is 8.73.